The molecule has 0 aliphatic carbocycles. The summed E-state index contributed by atoms with van der Waals surface area (Å²) in [5.74, 6) is 0.472. The summed E-state index contributed by atoms with van der Waals surface area (Å²) >= 11 is 0. The number of carbonyl (C=O) groups excluding carboxylic acids is 1. The summed E-state index contributed by atoms with van der Waals surface area (Å²) in [5.41, 5.74) is 0. The number of carbonyl (C=O) groups is 1. The summed E-state index contributed by atoms with van der Waals surface area (Å²) in [4.78, 5) is 11.7. The molecule has 3 rings (SSSR count). The molecule has 0 N–H and O–H groups in total. The van der Waals surface area contributed by atoms with Crippen LogP contribution in [0.3, 0.4) is 0 Å². The fourth-order valence-electron chi connectivity index (χ4n) is 2.48. The second kappa shape index (κ2) is 5.33. The van der Waals surface area contributed by atoms with Gasteiger partial charge in [0.25, 0.3) is 0 Å². The average Bonchev–Trinajstić information content (AvgIpc) is 2.47. The highest BCUT2D eigenvalue weighted by atomic mass is 16.5. The van der Waals surface area contributed by atoms with Crippen molar-refractivity contribution in [3.8, 4) is 5.75 Å². The van der Waals surface area contributed by atoms with Crippen LogP contribution in [0.2, 0.25) is 0 Å². The van der Waals surface area contributed by atoms with Crippen molar-refractivity contribution >= 4 is 27.5 Å². The van der Waals surface area contributed by atoms with Gasteiger partial charge in [-0.05, 0) is 34.7 Å². The van der Waals surface area contributed by atoms with Gasteiger partial charge in [0.05, 0.1) is 0 Å². The van der Waals surface area contributed by atoms with E-state index >= 15 is 0 Å². The molecule has 2 heteroatoms. The van der Waals surface area contributed by atoms with Crippen molar-refractivity contribution in [2.45, 2.75) is 19.8 Å². The van der Waals surface area contributed by atoms with E-state index in [1.165, 1.54) is 10.8 Å². The van der Waals surface area contributed by atoms with E-state index in [0.29, 0.717) is 12.2 Å². The van der Waals surface area contributed by atoms with Crippen LogP contribution >= 0.6 is 0 Å². The molecule has 0 bridgehead atoms. The van der Waals surface area contributed by atoms with Crippen LogP contribution in [0.15, 0.2) is 54.6 Å². The van der Waals surface area contributed by atoms with Crippen molar-refractivity contribution in [2.24, 2.45) is 0 Å². The summed E-state index contributed by atoms with van der Waals surface area (Å²) in [7, 11) is 0. The van der Waals surface area contributed by atoms with Gasteiger partial charge in [-0.3, -0.25) is 4.79 Å². The van der Waals surface area contributed by atoms with Crippen LogP contribution in [0, 0.1) is 0 Å². The molecule has 0 atom stereocenters. The molecule has 20 heavy (non-hydrogen) atoms. The van der Waals surface area contributed by atoms with Crippen molar-refractivity contribution in [2.75, 3.05) is 0 Å². The summed E-state index contributed by atoms with van der Waals surface area (Å²) < 4.78 is 5.48. The van der Waals surface area contributed by atoms with Gasteiger partial charge in [-0.2, -0.15) is 0 Å². The van der Waals surface area contributed by atoms with Crippen LogP contribution in [0.5, 0.6) is 5.75 Å². The molecule has 2 nitrogen and oxygen atoms in total. The molecule has 0 fully saturated rings. The van der Waals surface area contributed by atoms with Gasteiger partial charge in [0.2, 0.25) is 0 Å². The number of hydrogen-bond donors (Lipinski definition) is 0. The van der Waals surface area contributed by atoms with E-state index in [4.69, 9.17) is 4.74 Å². The molecule has 0 aromatic heterocycles. The third-order valence-corrected chi connectivity index (χ3v) is 3.42. The Hall–Kier alpha value is -2.35. The van der Waals surface area contributed by atoms with Crippen LogP contribution in [0.25, 0.3) is 21.5 Å². The summed E-state index contributed by atoms with van der Waals surface area (Å²) in [6.45, 7) is 1.97. The van der Waals surface area contributed by atoms with Crippen LogP contribution in [-0.4, -0.2) is 5.97 Å². The molecule has 0 radical (unpaired) electrons. The van der Waals surface area contributed by atoms with Crippen molar-refractivity contribution in [3.63, 3.8) is 0 Å². The van der Waals surface area contributed by atoms with Crippen molar-refractivity contribution in [1.82, 2.24) is 0 Å². The highest BCUT2D eigenvalue weighted by Crippen LogP contribution is 2.31. The van der Waals surface area contributed by atoms with E-state index in [9.17, 15) is 4.79 Å². The largest absolute Gasteiger partial charge is 0.426 e. The molecule has 0 heterocycles. The smallest absolute Gasteiger partial charge is 0.311 e. The maximum Gasteiger partial charge on any atom is 0.311 e. The Balaban J connectivity index is 2.15. The zero-order valence-electron chi connectivity index (χ0n) is 11.4. The molecule has 0 amide bonds. The van der Waals surface area contributed by atoms with E-state index in [0.717, 1.165) is 17.2 Å². The first-order valence-corrected chi connectivity index (χ1v) is 6.91. The SMILES string of the molecule is CCCC(=O)Oc1cccc2c1ccc1ccccc12. The van der Waals surface area contributed by atoms with Gasteiger partial charge in [-0.1, -0.05) is 49.4 Å². The van der Waals surface area contributed by atoms with Gasteiger partial charge < -0.3 is 4.74 Å². The molecule has 0 aliphatic heterocycles. The van der Waals surface area contributed by atoms with Gasteiger partial charge >= 0.3 is 5.97 Å². The molecule has 0 unspecified atom stereocenters. The highest BCUT2D eigenvalue weighted by molar-refractivity contribution is 6.09. The molecular formula is C18H16O2. The number of rotatable bonds is 3. The fraction of sp³-hybridized carbons (Fsp3) is 0.167. The second-order valence-electron chi connectivity index (χ2n) is 4.86. The molecule has 0 aliphatic rings. The number of benzene rings is 3. The Morgan fingerprint density at radius 2 is 1.70 bits per heavy atom. The normalized spacial score (nSPS) is 10.8. The first-order chi connectivity index (χ1) is 9.79. The van der Waals surface area contributed by atoms with Gasteiger partial charge in [-0.25, -0.2) is 0 Å². The van der Waals surface area contributed by atoms with Crippen molar-refractivity contribution in [3.05, 3.63) is 54.6 Å². The summed E-state index contributed by atoms with van der Waals surface area (Å²) in [6, 6.07) is 18.2. The lowest BCUT2D eigenvalue weighted by Gasteiger charge is -2.09. The first-order valence-electron chi connectivity index (χ1n) is 6.91. The topological polar surface area (TPSA) is 26.3 Å². The molecule has 0 saturated carbocycles. The maximum atomic E-state index is 11.7. The lowest BCUT2D eigenvalue weighted by molar-refractivity contribution is -0.134. The minimum absolute atomic E-state index is 0.173. The lowest BCUT2D eigenvalue weighted by atomic mass is 10.0. The Morgan fingerprint density at radius 3 is 2.55 bits per heavy atom. The van der Waals surface area contributed by atoms with E-state index in [-0.39, 0.29) is 5.97 Å². The fourth-order valence-corrected chi connectivity index (χ4v) is 2.48. The number of esters is 1. The van der Waals surface area contributed by atoms with Gasteiger partial charge in [0, 0.05) is 11.8 Å². The van der Waals surface area contributed by atoms with Crippen LogP contribution in [0.1, 0.15) is 19.8 Å². The molecule has 0 saturated heterocycles. The minimum Gasteiger partial charge on any atom is -0.426 e. The average molecular weight is 264 g/mol. The Bertz CT molecular complexity index is 775. The third kappa shape index (κ3) is 2.25. The molecular weight excluding hydrogens is 248 g/mol. The lowest BCUT2D eigenvalue weighted by Crippen LogP contribution is -2.07. The highest BCUT2D eigenvalue weighted by Gasteiger charge is 2.08. The Morgan fingerprint density at radius 1 is 0.900 bits per heavy atom. The van der Waals surface area contributed by atoms with Crippen LogP contribution < -0.4 is 4.74 Å². The summed E-state index contributed by atoms with van der Waals surface area (Å²) in [5, 5.41) is 4.47. The Kier molecular flexibility index (Phi) is 3.38. The first kappa shape index (κ1) is 12.7. The summed E-state index contributed by atoms with van der Waals surface area (Å²) in [6.07, 6.45) is 1.25. The quantitative estimate of drug-likeness (QED) is 0.389. The predicted octanol–water partition coefficient (Wildman–Crippen LogP) is 4.70. The third-order valence-electron chi connectivity index (χ3n) is 3.42. The van der Waals surface area contributed by atoms with E-state index in [1.54, 1.807) is 0 Å². The predicted molar refractivity (Wildman–Crippen MR) is 82.0 cm³/mol. The zero-order valence-corrected chi connectivity index (χ0v) is 11.4. The molecule has 3 aromatic rings. The second-order valence-corrected chi connectivity index (χ2v) is 4.86. The van der Waals surface area contributed by atoms with Gasteiger partial charge in [0.1, 0.15) is 5.75 Å². The van der Waals surface area contributed by atoms with E-state index < -0.39 is 0 Å². The van der Waals surface area contributed by atoms with Crippen molar-refractivity contribution < 1.29 is 9.53 Å². The van der Waals surface area contributed by atoms with Crippen LogP contribution in [0.4, 0.5) is 0 Å². The standard InChI is InChI=1S/C18H16O2/c1-2-6-18(19)20-17-10-5-9-15-14-8-4-3-7-13(14)11-12-16(15)17/h3-5,7-12H,2,6H2,1H3. The van der Waals surface area contributed by atoms with Gasteiger partial charge in [0.15, 0.2) is 0 Å². The molecule has 0 spiro atoms. The number of hydrogen-bond acceptors (Lipinski definition) is 2. The Labute approximate surface area is 118 Å². The van der Waals surface area contributed by atoms with Crippen LogP contribution in [-0.2, 0) is 4.79 Å². The molecule has 3 aromatic carbocycles. The van der Waals surface area contributed by atoms with E-state index in [1.807, 2.05) is 37.3 Å². The monoisotopic (exact) mass is 264 g/mol. The minimum atomic E-state index is -0.173. The number of fused-ring (bicyclic) bond motifs is 3. The zero-order chi connectivity index (χ0) is 13.9. The number of ether oxygens (including phenoxy) is 1. The van der Waals surface area contributed by atoms with Crippen molar-refractivity contribution in [1.29, 1.82) is 0 Å². The van der Waals surface area contributed by atoms with E-state index in [2.05, 4.69) is 24.3 Å². The van der Waals surface area contributed by atoms with Gasteiger partial charge in [-0.15, -0.1) is 0 Å². The molecule has 100 valence electrons. The maximum absolute atomic E-state index is 11.7.